The van der Waals surface area contributed by atoms with E-state index < -0.39 is 26.5 Å². The molecule has 0 aromatic rings. The van der Waals surface area contributed by atoms with Gasteiger partial charge in [0.2, 0.25) is 0 Å². The van der Waals surface area contributed by atoms with E-state index in [1.807, 2.05) is 21.1 Å². The molecule has 0 aliphatic heterocycles. The van der Waals surface area contributed by atoms with Crippen LogP contribution in [0.25, 0.3) is 0 Å². The Kier molecular flexibility index (Phi) is 44.2. The lowest BCUT2D eigenvalue weighted by atomic mass is 10.0. The number of nitrogens with zero attached hydrogens (tertiary/aromatic N) is 1. The lowest BCUT2D eigenvalue weighted by Crippen LogP contribution is -2.37. The molecule has 0 aromatic heterocycles. The van der Waals surface area contributed by atoms with Gasteiger partial charge in [-0.25, -0.2) is 4.57 Å². The number of ether oxygens (including phenoxy) is 2. The molecule has 9 nitrogen and oxygen atoms in total. The fourth-order valence-corrected chi connectivity index (χ4v) is 7.78. The highest BCUT2D eigenvalue weighted by molar-refractivity contribution is 7.47. The third kappa shape index (κ3) is 49.2. The quantitative estimate of drug-likeness (QED) is 0.0211. The molecule has 0 bridgehead atoms. The fraction of sp³-hybridized carbons (Fsp3) is 0.778. The van der Waals surface area contributed by atoms with Crippen molar-refractivity contribution in [2.24, 2.45) is 0 Å². The van der Waals surface area contributed by atoms with Crippen molar-refractivity contribution in [3.63, 3.8) is 0 Å². The second-order valence-corrected chi connectivity index (χ2v) is 20.0. The van der Waals surface area contributed by atoms with Crippen molar-refractivity contribution in [2.45, 2.75) is 225 Å². The van der Waals surface area contributed by atoms with Crippen molar-refractivity contribution in [3.05, 3.63) is 60.8 Å². The Balaban J connectivity index is 4.28. The van der Waals surface area contributed by atoms with Crippen LogP contribution in [0.4, 0.5) is 0 Å². The molecular weight excluding hydrogens is 822 g/mol. The molecule has 10 heteroatoms. The van der Waals surface area contributed by atoms with Crippen molar-refractivity contribution in [1.82, 2.24) is 0 Å². The minimum absolute atomic E-state index is 0.0263. The summed E-state index contributed by atoms with van der Waals surface area (Å²) in [5.41, 5.74) is 0. The summed E-state index contributed by atoms with van der Waals surface area (Å²) in [7, 11) is 1.46. The lowest BCUT2D eigenvalue weighted by molar-refractivity contribution is -0.870. The van der Waals surface area contributed by atoms with Crippen LogP contribution in [-0.4, -0.2) is 74.9 Å². The number of phosphoric ester groups is 1. The third-order valence-corrected chi connectivity index (χ3v) is 12.0. The maximum atomic E-state index is 12.8. The SMILES string of the molecule is CC/C=C\C/C=C\C/C=C\C/C=C\C/C=C\CCCCCCCC(=O)OC(COC(=O)CCCCCCCCCCCCCCCCCCCCC)COP(=O)(O)OCC[N+](C)(C)C. The number of unbranched alkanes of at least 4 members (excludes halogenated alkanes) is 23. The Bertz CT molecular complexity index is 1270. The molecule has 2 atom stereocenters. The first-order valence-electron chi connectivity index (χ1n) is 26.0. The first kappa shape index (κ1) is 61.7. The second kappa shape index (κ2) is 45.8. The first-order valence-corrected chi connectivity index (χ1v) is 27.5. The average molecular weight is 921 g/mol. The van der Waals surface area contributed by atoms with E-state index in [0.717, 1.165) is 83.5 Å². The van der Waals surface area contributed by atoms with Gasteiger partial charge in [0.15, 0.2) is 6.10 Å². The highest BCUT2D eigenvalue weighted by Gasteiger charge is 2.27. The van der Waals surface area contributed by atoms with Gasteiger partial charge in [-0.3, -0.25) is 18.6 Å². The van der Waals surface area contributed by atoms with E-state index >= 15 is 0 Å². The molecule has 0 spiro atoms. The van der Waals surface area contributed by atoms with Gasteiger partial charge in [0, 0.05) is 12.8 Å². The maximum Gasteiger partial charge on any atom is 0.472 e. The highest BCUT2D eigenvalue weighted by Crippen LogP contribution is 2.43. The van der Waals surface area contributed by atoms with Gasteiger partial charge in [0.05, 0.1) is 27.7 Å². The Hall–Kier alpha value is -2.29. The van der Waals surface area contributed by atoms with Crippen LogP contribution >= 0.6 is 7.82 Å². The van der Waals surface area contributed by atoms with Crippen LogP contribution in [0.15, 0.2) is 60.8 Å². The largest absolute Gasteiger partial charge is 0.472 e. The summed E-state index contributed by atoms with van der Waals surface area (Å²) in [4.78, 5) is 35.6. The monoisotopic (exact) mass is 921 g/mol. The van der Waals surface area contributed by atoms with Gasteiger partial charge in [0.1, 0.15) is 19.8 Å². The van der Waals surface area contributed by atoms with Gasteiger partial charge in [-0.2, -0.15) is 0 Å². The predicted octanol–water partition coefficient (Wildman–Crippen LogP) is 15.6. The molecule has 0 radical (unpaired) electrons. The minimum Gasteiger partial charge on any atom is -0.462 e. The van der Waals surface area contributed by atoms with Crippen LogP contribution < -0.4 is 0 Å². The Morgan fingerprint density at radius 1 is 0.500 bits per heavy atom. The second-order valence-electron chi connectivity index (χ2n) is 18.5. The molecule has 372 valence electrons. The van der Waals surface area contributed by atoms with Crippen molar-refractivity contribution < 1.29 is 42.1 Å². The number of likely N-dealkylation sites (N-methyl/N-ethyl adjacent to an activating group) is 1. The van der Waals surface area contributed by atoms with Crippen LogP contribution in [0.2, 0.25) is 0 Å². The number of hydrogen-bond acceptors (Lipinski definition) is 7. The Morgan fingerprint density at radius 3 is 1.33 bits per heavy atom. The topological polar surface area (TPSA) is 108 Å². The molecule has 0 heterocycles. The molecule has 0 rings (SSSR count). The molecule has 64 heavy (non-hydrogen) atoms. The number of hydrogen-bond donors (Lipinski definition) is 1. The van der Waals surface area contributed by atoms with Crippen LogP contribution in [0.1, 0.15) is 219 Å². The molecule has 1 N–H and O–H groups in total. The zero-order valence-corrected chi connectivity index (χ0v) is 42.9. The van der Waals surface area contributed by atoms with Gasteiger partial charge in [-0.05, 0) is 57.8 Å². The first-order chi connectivity index (χ1) is 31.0. The number of rotatable bonds is 47. The maximum absolute atomic E-state index is 12.8. The van der Waals surface area contributed by atoms with Crippen molar-refractivity contribution in [3.8, 4) is 0 Å². The summed E-state index contributed by atoms with van der Waals surface area (Å²) in [6.07, 6.45) is 57.0. The van der Waals surface area contributed by atoms with E-state index in [1.165, 1.54) is 103 Å². The zero-order chi connectivity index (χ0) is 47.1. The molecule has 0 aliphatic carbocycles. The van der Waals surface area contributed by atoms with Gasteiger partial charge in [-0.15, -0.1) is 0 Å². The minimum atomic E-state index is -4.39. The average Bonchev–Trinajstić information content (AvgIpc) is 3.25. The summed E-state index contributed by atoms with van der Waals surface area (Å²) in [6, 6.07) is 0. The number of allylic oxidation sites excluding steroid dienone is 10. The highest BCUT2D eigenvalue weighted by atomic mass is 31.2. The van der Waals surface area contributed by atoms with E-state index in [0.29, 0.717) is 17.4 Å². The van der Waals surface area contributed by atoms with E-state index in [1.54, 1.807) is 0 Å². The Morgan fingerprint density at radius 2 is 0.891 bits per heavy atom. The van der Waals surface area contributed by atoms with Gasteiger partial charge < -0.3 is 18.9 Å². The van der Waals surface area contributed by atoms with Crippen LogP contribution in [-0.2, 0) is 32.7 Å². The number of esters is 2. The predicted molar refractivity (Wildman–Crippen MR) is 270 cm³/mol. The van der Waals surface area contributed by atoms with E-state index in [2.05, 4.69) is 74.6 Å². The molecule has 0 aromatic carbocycles. The summed E-state index contributed by atoms with van der Waals surface area (Å²) >= 11 is 0. The normalized spacial score (nSPS) is 13.9. The van der Waals surface area contributed by atoms with E-state index in [-0.39, 0.29) is 32.0 Å². The zero-order valence-electron chi connectivity index (χ0n) is 42.0. The lowest BCUT2D eigenvalue weighted by Gasteiger charge is -2.24. The van der Waals surface area contributed by atoms with Gasteiger partial charge in [0.25, 0.3) is 0 Å². The van der Waals surface area contributed by atoms with Gasteiger partial charge in [-0.1, -0.05) is 209 Å². The molecular formula is C54H99NO8P+. The van der Waals surface area contributed by atoms with Gasteiger partial charge >= 0.3 is 19.8 Å². The molecule has 0 aliphatic rings. The van der Waals surface area contributed by atoms with Crippen molar-refractivity contribution in [2.75, 3.05) is 47.5 Å². The standard InChI is InChI=1S/C54H98NO8P/c1-6-8-10-12-14-16-18-20-22-24-26-27-29-31-33-35-37-39-41-43-45-47-54(57)63-52(51-62-64(58,59)61-49-48-55(3,4)5)50-60-53(56)46-44-42-40-38-36-34-32-30-28-25-23-21-19-17-15-13-11-9-7-2/h8,10,14,16,20,22,26-27,31,33,52H,6-7,9,11-13,15,17-19,21,23-25,28-30,32,34-51H2,1-5H3/p+1/b10-8-,16-14-,22-20-,27-26-,33-31-. The Labute approximate surface area is 394 Å². The van der Waals surface area contributed by atoms with Crippen LogP contribution in [0.3, 0.4) is 0 Å². The van der Waals surface area contributed by atoms with Crippen LogP contribution in [0.5, 0.6) is 0 Å². The summed E-state index contributed by atoms with van der Waals surface area (Å²) < 4.78 is 34.5. The van der Waals surface area contributed by atoms with E-state index in [4.69, 9.17) is 18.5 Å². The number of carbonyl (C=O) groups excluding carboxylic acids is 2. The summed E-state index contributed by atoms with van der Waals surface area (Å²) in [5, 5.41) is 0. The third-order valence-electron chi connectivity index (χ3n) is 11.1. The summed E-state index contributed by atoms with van der Waals surface area (Å²) in [5.74, 6) is -0.815. The molecule has 0 saturated carbocycles. The molecule has 0 fully saturated rings. The van der Waals surface area contributed by atoms with E-state index in [9.17, 15) is 19.0 Å². The van der Waals surface area contributed by atoms with Crippen molar-refractivity contribution >= 4 is 19.8 Å². The number of carbonyl (C=O) groups is 2. The molecule has 0 saturated heterocycles. The number of phosphoric acid groups is 1. The summed E-state index contributed by atoms with van der Waals surface area (Å²) in [6.45, 7) is 4.31. The van der Waals surface area contributed by atoms with Crippen molar-refractivity contribution in [1.29, 1.82) is 0 Å². The molecule has 0 amide bonds. The number of quaternary nitrogens is 1. The smallest absolute Gasteiger partial charge is 0.462 e. The van der Waals surface area contributed by atoms with Crippen LogP contribution in [0, 0.1) is 0 Å². The molecule has 2 unspecified atom stereocenters. The fourth-order valence-electron chi connectivity index (χ4n) is 7.04.